The van der Waals surface area contributed by atoms with Gasteiger partial charge < -0.3 is 5.73 Å². The van der Waals surface area contributed by atoms with Gasteiger partial charge in [0.1, 0.15) is 5.82 Å². The summed E-state index contributed by atoms with van der Waals surface area (Å²) in [5.41, 5.74) is 6.28. The maximum atomic E-state index is 12.1. The number of hydrogen-bond acceptors (Lipinski definition) is 5. The summed E-state index contributed by atoms with van der Waals surface area (Å²) in [6.45, 7) is 0.251. The Morgan fingerprint density at radius 3 is 2.32 bits per heavy atom. The first-order chi connectivity index (χ1) is 9.16. The van der Waals surface area contributed by atoms with Crippen LogP contribution in [0, 0.1) is 0 Å². The van der Waals surface area contributed by atoms with Gasteiger partial charge in [0.05, 0.1) is 11.1 Å². The van der Waals surface area contributed by atoms with Gasteiger partial charge in [-0.3, -0.25) is 19.6 Å². The molecular formula is C12H11N5O2. The molecule has 0 spiro atoms. The van der Waals surface area contributed by atoms with E-state index in [9.17, 15) is 9.59 Å². The molecule has 0 aliphatic carbocycles. The van der Waals surface area contributed by atoms with Gasteiger partial charge in [-0.25, -0.2) is 0 Å². The quantitative estimate of drug-likeness (QED) is 0.765. The number of fused-ring (bicyclic) bond motifs is 1. The normalized spacial score (nSPS) is 14.0. The minimum Gasteiger partial charge on any atom is -0.367 e. The standard InChI is InChI=1S/C12H11N5O2/c13-12-14-9(15-16-12)5-6-17-10(18)7-3-1-2-4-8(7)11(17)19/h1-4H,5-6H2,(H3,13,14,15,16). The molecule has 7 nitrogen and oxygen atoms in total. The summed E-state index contributed by atoms with van der Waals surface area (Å²) >= 11 is 0. The maximum Gasteiger partial charge on any atom is 0.261 e. The Kier molecular flexibility index (Phi) is 2.52. The first-order valence-electron chi connectivity index (χ1n) is 5.79. The SMILES string of the molecule is Nc1n[nH]c(CCN2C(=O)c3ccccc3C2=O)n1. The highest BCUT2D eigenvalue weighted by Gasteiger charge is 2.34. The maximum absolute atomic E-state index is 12.1. The first-order valence-corrected chi connectivity index (χ1v) is 5.79. The zero-order valence-corrected chi connectivity index (χ0v) is 9.96. The summed E-state index contributed by atoms with van der Waals surface area (Å²) < 4.78 is 0. The Hall–Kier alpha value is -2.70. The largest absolute Gasteiger partial charge is 0.367 e. The summed E-state index contributed by atoms with van der Waals surface area (Å²) in [6, 6.07) is 6.79. The second-order valence-electron chi connectivity index (χ2n) is 4.20. The van der Waals surface area contributed by atoms with E-state index in [1.54, 1.807) is 24.3 Å². The molecule has 0 saturated carbocycles. The Bertz CT molecular complexity index is 629. The van der Waals surface area contributed by atoms with Crippen molar-refractivity contribution in [2.24, 2.45) is 0 Å². The lowest BCUT2D eigenvalue weighted by atomic mass is 10.1. The lowest BCUT2D eigenvalue weighted by Gasteiger charge is -2.12. The van der Waals surface area contributed by atoms with E-state index >= 15 is 0 Å². The summed E-state index contributed by atoms with van der Waals surface area (Å²) in [5, 5.41) is 6.34. The van der Waals surface area contributed by atoms with Crippen molar-refractivity contribution in [3.8, 4) is 0 Å². The summed E-state index contributed by atoms with van der Waals surface area (Å²) in [4.78, 5) is 29.3. The molecule has 1 aromatic heterocycles. The van der Waals surface area contributed by atoms with E-state index in [4.69, 9.17) is 5.73 Å². The van der Waals surface area contributed by atoms with Gasteiger partial charge in [-0.1, -0.05) is 12.1 Å². The molecule has 1 aliphatic heterocycles. The lowest BCUT2D eigenvalue weighted by molar-refractivity contribution is 0.0655. The molecule has 0 atom stereocenters. The summed E-state index contributed by atoms with van der Waals surface area (Å²) in [7, 11) is 0. The zero-order chi connectivity index (χ0) is 13.4. The molecule has 3 N–H and O–H groups in total. The third kappa shape index (κ3) is 1.85. The number of carbonyl (C=O) groups is 2. The first kappa shape index (κ1) is 11.4. The second kappa shape index (κ2) is 4.20. The van der Waals surface area contributed by atoms with E-state index < -0.39 is 0 Å². The predicted molar refractivity (Wildman–Crippen MR) is 66.3 cm³/mol. The number of nitrogens with two attached hydrogens (primary N) is 1. The number of nitrogen functional groups attached to an aromatic ring is 1. The molecule has 0 unspecified atom stereocenters. The topological polar surface area (TPSA) is 105 Å². The number of aromatic nitrogens is 3. The van der Waals surface area contributed by atoms with Crippen molar-refractivity contribution in [3.63, 3.8) is 0 Å². The van der Waals surface area contributed by atoms with Crippen LogP contribution in [-0.2, 0) is 6.42 Å². The molecule has 2 aromatic rings. The molecule has 0 radical (unpaired) electrons. The highest BCUT2D eigenvalue weighted by Crippen LogP contribution is 2.22. The van der Waals surface area contributed by atoms with Gasteiger partial charge in [0, 0.05) is 13.0 Å². The molecule has 19 heavy (non-hydrogen) atoms. The Labute approximate surface area is 108 Å². The number of nitrogens with zero attached hydrogens (tertiary/aromatic N) is 3. The van der Waals surface area contributed by atoms with E-state index in [0.717, 1.165) is 0 Å². The summed E-state index contributed by atoms with van der Waals surface area (Å²) in [5.74, 6) is 0.160. The number of nitrogens with one attached hydrogen (secondary N) is 1. The minimum absolute atomic E-state index is 0.150. The van der Waals surface area contributed by atoms with Gasteiger partial charge in [-0.05, 0) is 12.1 Å². The van der Waals surface area contributed by atoms with Gasteiger partial charge in [-0.15, -0.1) is 5.10 Å². The highest BCUT2D eigenvalue weighted by molar-refractivity contribution is 6.21. The molecule has 0 bridgehead atoms. The number of rotatable bonds is 3. The molecule has 1 aromatic carbocycles. The average molecular weight is 257 g/mol. The van der Waals surface area contributed by atoms with E-state index in [1.807, 2.05) is 0 Å². The smallest absolute Gasteiger partial charge is 0.261 e. The fraction of sp³-hybridized carbons (Fsp3) is 0.167. The number of imide groups is 1. The minimum atomic E-state index is -0.270. The van der Waals surface area contributed by atoms with Crippen LogP contribution in [0.1, 0.15) is 26.5 Å². The number of anilines is 1. The van der Waals surface area contributed by atoms with Crippen molar-refractivity contribution < 1.29 is 9.59 Å². The number of benzene rings is 1. The average Bonchev–Trinajstić information content (AvgIpc) is 2.93. The van der Waals surface area contributed by atoms with Gasteiger partial charge in [-0.2, -0.15) is 4.98 Å². The molecule has 96 valence electrons. The van der Waals surface area contributed by atoms with Crippen molar-refractivity contribution in [3.05, 3.63) is 41.2 Å². The predicted octanol–water partition coefficient (Wildman–Crippen LogP) is 0.226. The fourth-order valence-corrected chi connectivity index (χ4v) is 2.08. The lowest BCUT2D eigenvalue weighted by Crippen LogP contribution is -2.31. The van der Waals surface area contributed by atoms with Gasteiger partial charge >= 0.3 is 0 Å². The van der Waals surface area contributed by atoms with Crippen LogP contribution in [0.25, 0.3) is 0 Å². The van der Waals surface area contributed by atoms with Crippen molar-refractivity contribution in [2.45, 2.75) is 6.42 Å². The molecular weight excluding hydrogens is 246 g/mol. The van der Waals surface area contributed by atoms with Crippen molar-refractivity contribution in [2.75, 3.05) is 12.3 Å². The Morgan fingerprint density at radius 2 is 1.79 bits per heavy atom. The molecule has 0 saturated heterocycles. The van der Waals surface area contributed by atoms with Crippen LogP contribution in [0.15, 0.2) is 24.3 Å². The number of aromatic amines is 1. The van der Waals surface area contributed by atoms with Crippen LogP contribution in [0.5, 0.6) is 0 Å². The number of amides is 2. The van der Waals surface area contributed by atoms with E-state index in [0.29, 0.717) is 23.4 Å². The van der Waals surface area contributed by atoms with Crippen molar-refractivity contribution in [1.82, 2.24) is 20.1 Å². The third-order valence-electron chi connectivity index (χ3n) is 3.00. The van der Waals surface area contributed by atoms with E-state index in [1.165, 1.54) is 4.90 Å². The van der Waals surface area contributed by atoms with Gasteiger partial charge in [0.2, 0.25) is 5.95 Å². The fourth-order valence-electron chi connectivity index (χ4n) is 2.08. The number of hydrogen-bond donors (Lipinski definition) is 2. The molecule has 0 fully saturated rings. The van der Waals surface area contributed by atoms with Gasteiger partial charge in [0.15, 0.2) is 0 Å². The molecule has 7 heteroatoms. The molecule has 3 rings (SSSR count). The van der Waals surface area contributed by atoms with Crippen LogP contribution in [-0.4, -0.2) is 38.4 Å². The highest BCUT2D eigenvalue weighted by atomic mass is 16.2. The third-order valence-corrected chi connectivity index (χ3v) is 3.00. The van der Waals surface area contributed by atoms with E-state index in [2.05, 4.69) is 15.2 Å². The molecule has 1 aliphatic rings. The second-order valence-corrected chi connectivity index (χ2v) is 4.20. The number of carbonyl (C=O) groups excluding carboxylic acids is 2. The van der Waals surface area contributed by atoms with Crippen LogP contribution in [0.4, 0.5) is 5.95 Å². The molecule has 2 amide bonds. The van der Waals surface area contributed by atoms with Gasteiger partial charge in [0.25, 0.3) is 11.8 Å². The van der Waals surface area contributed by atoms with Crippen LogP contribution in [0.2, 0.25) is 0 Å². The van der Waals surface area contributed by atoms with Crippen molar-refractivity contribution in [1.29, 1.82) is 0 Å². The monoisotopic (exact) mass is 257 g/mol. The zero-order valence-electron chi connectivity index (χ0n) is 9.96. The van der Waals surface area contributed by atoms with E-state index in [-0.39, 0.29) is 24.3 Å². The van der Waals surface area contributed by atoms with Crippen LogP contribution >= 0.6 is 0 Å². The molecule has 2 heterocycles. The summed E-state index contributed by atoms with van der Waals surface area (Å²) in [6.07, 6.45) is 0.398. The van der Waals surface area contributed by atoms with Crippen LogP contribution < -0.4 is 5.73 Å². The Morgan fingerprint density at radius 1 is 1.16 bits per heavy atom. The Balaban J connectivity index is 1.77. The van der Waals surface area contributed by atoms with Crippen LogP contribution in [0.3, 0.4) is 0 Å². The van der Waals surface area contributed by atoms with Crippen molar-refractivity contribution >= 4 is 17.8 Å². The number of H-pyrrole nitrogens is 1.